The molecule has 1 aliphatic rings. The van der Waals surface area contributed by atoms with E-state index in [0.29, 0.717) is 6.54 Å². The zero-order valence-electron chi connectivity index (χ0n) is 10.3. The van der Waals surface area contributed by atoms with E-state index in [0.717, 1.165) is 18.9 Å². The Morgan fingerprint density at radius 1 is 1.56 bits per heavy atom. The van der Waals surface area contributed by atoms with Crippen molar-refractivity contribution < 1.29 is 14.3 Å². The van der Waals surface area contributed by atoms with Crippen molar-refractivity contribution in [2.24, 2.45) is 5.73 Å². The molecule has 1 heterocycles. The van der Waals surface area contributed by atoms with Crippen LogP contribution in [0.15, 0.2) is 18.2 Å². The van der Waals surface area contributed by atoms with Crippen molar-refractivity contribution in [3.63, 3.8) is 0 Å². The number of carbonyl (C=O) groups is 1. The van der Waals surface area contributed by atoms with Crippen molar-refractivity contribution in [2.75, 3.05) is 6.54 Å². The third-order valence-corrected chi connectivity index (χ3v) is 3.36. The second-order valence-corrected chi connectivity index (χ2v) is 4.80. The molecule has 1 aliphatic heterocycles. The van der Waals surface area contributed by atoms with Crippen LogP contribution in [-0.2, 0) is 0 Å². The summed E-state index contributed by atoms with van der Waals surface area (Å²) in [6, 6.07) is 3.70. The molecule has 18 heavy (non-hydrogen) atoms. The van der Waals surface area contributed by atoms with Crippen molar-refractivity contribution in [1.82, 2.24) is 4.90 Å². The molecule has 4 nitrogen and oxygen atoms in total. The summed E-state index contributed by atoms with van der Waals surface area (Å²) in [6.45, 7) is 2.46. The van der Waals surface area contributed by atoms with E-state index in [2.05, 4.69) is 0 Å². The molecule has 1 amide bonds. The van der Waals surface area contributed by atoms with Crippen LogP contribution in [0.25, 0.3) is 0 Å². The van der Waals surface area contributed by atoms with Crippen LogP contribution in [0.4, 0.5) is 4.39 Å². The normalized spacial score (nSPS) is 24.1. The summed E-state index contributed by atoms with van der Waals surface area (Å²) in [7, 11) is 0. The Balaban J connectivity index is 2.20. The Bertz CT molecular complexity index is 464. The molecule has 0 aromatic heterocycles. The molecule has 1 aromatic carbocycles. The van der Waals surface area contributed by atoms with Crippen LogP contribution in [-0.4, -0.2) is 34.5 Å². The molecule has 98 valence electrons. The second-order valence-electron chi connectivity index (χ2n) is 4.80. The van der Waals surface area contributed by atoms with E-state index >= 15 is 0 Å². The molecule has 0 bridgehead atoms. The first kappa shape index (κ1) is 12.8. The molecule has 0 saturated carbocycles. The topological polar surface area (TPSA) is 66.6 Å². The lowest BCUT2D eigenvalue weighted by Crippen LogP contribution is -2.48. The fourth-order valence-electron chi connectivity index (χ4n) is 2.34. The van der Waals surface area contributed by atoms with Gasteiger partial charge in [0.2, 0.25) is 0 Å². The number of likely N-dealkylation sites (tertiary alicyclic amines) is 1. The number of halogens is 1. The minimum Gasteiger partial charge on any atom is -0.508 e. The maximum Gasteiger partial charge on any atom is 0.257 e. The van der Waals surface area contributed by atoms with E-state index in [1.807, 2.05) is 6.92 Å². The minimum atomic E-state index is -0.693. The summed E-state index contributed by atoms with van der Waals surface area (Å²) in [4.78, 5) is 13.9. The van der Waals surface area contributed by atoms with Gasteiger partial charge in [0.1, 0.15) is 11.6 Å². The number of benzene rings is 1. The molecule has 0 aliphatic carbocycles. The molecule has 1 fully saturated rings. The number of carbonyl (C=O) groups excluding carboxylic acids is 1. The van der Waals surface area contributed by atoms with Crippen molar-refractivity contribution >= 4 is 5.91 Å². The number of aromatic hydroxyl groups is 1. The summed E-state index contributed by atoms with van der Waals surface area (Å²) in [6.07, 6.45) is 1.46. The zero-order valence-corrected chi connectivity index (χ0v) is 10.3. The maximum atomic E-state index is 13.6. The Morgan fingerprint density at radius 2 is 2.28 bits per heavy atom. The van der Waals surface area contributed by atoms with Gasteiger partial charge in [-0.15, -0.1) is 0 Å². The zero-order chi connectivity index (χ0) is 13.3. The number of piperidine rings is 1. The summed E-state index contributed by atoms with van der Waals surface area (Å²) in [5.74, 6) is -1.22. The highest BCUT2D eigenvalue weighted by Crippen LogP contribution is 2.22. The lowest BCUT2D eigenvalue weighted by atomic mass is 9.98. The fraction of sp³-hybridized carbons (Fsp3) is 0.462. The Labute approximate surface area is 105 Å². The molecule has 1 aromatic rings. The van der Waals surface area contributed by atoms with Crippen LogP contribution in [0, 0.1) is 5.82 Å². The van der Waals surface area contributed by atoms with Gasteiger partial charge < -0.3 is 15.7 Å². The molecule has 5 heteroatoms. The second kappa shape index (κ2) is 4.94. The maximum absolute atomic E-state index is 13.6. The van der Waals surface area contributed by atoms with Gasteiger partial charge in [0, 0.05) is 24.7 Å². The number of phenols is 1. The average Bonchev–Trinajstić information content (AvgIpc) is 2.28. The van der Waals surface area contributed by atoms with Crippen LogP contribution < -0.4 is 5.73 Å². The summed E-state index contributed by atoms with van der Waals surface area (Å²) >= 11 is 0. The van der Waals surface area contributed by atoms with Crippen LogP contribution >= 0.6 is 0 Å². The minimum absolute atomic E-state index is 0.00452. The van der Waals surface area contributed by atoms with Crippen molar-refractivity contribution in [2.45, 2.75) is 31.8 Å². The fourth-order valence-corrected chi connectivity index (χ4v) is 2.34. The van der Waals surface area contributed by atoms with Crippen molar-refractivity contribution in [3.8, 4) is 5.75 Å². The average molecular weight is 252 g/mol. The molecule has 0 radical (unpaired) electrons. The first-order valence-corrected chi connectivity index (χ1v) is 6.04. The quantitative estimate of drug-likeness (QED) is 0.795. The standard InChI is InChI=1S/C13H17FN2O2/c1-8-6-9(15)4-5-16(8)13(18)11-3-2-10(17)7-12(11)14/h2-3,7-9,17H,4-6,15H2,1H3. The third kappa shape index (κ3) is 2.46. The summed E-state index contributed by atoms with van der Waals surface area (Å²) in [5.41, 5.74) is 5.83. The van der Waals surface area contributed by atoms with Gasteiger partial charge in [-0.25, -0.2) is 4.39 Å². The Kier molecular flexibility index (Phi) is 3.52. The predicted molar refractivity (Wildman–Crippen MR) is 65.8 cm³/mol. The molecule has 0 spiro atoms. The first-order chi connectivity index (χ1) is 8.49. The van der Waals surface area contributed by atoms with Gasteiger partial charge >= 0.3 is 0 Å². The monoisotopic (exact) mass is 252 g/mol. The van der Waals surface area contributed by atoms with E-state index in [4.69, 9.17) is 10.8 Å². The van der Waals surface area contributed by atoms with Gasteiger partial charge in [-0.1, -0.05) is 0 Å². The molecule has 3 N–H and O–H groups in total. The summed E-state index contributed by atoms with van der Waals surface area (Å²) < 4.78 is 13.6. The van der Waals surface area contributed by atoms with Gasteiger partial charge in [-0.2, -0.15) is 0 Å². The SMILES string of the molecule is CC1CC(N)CCN1C(=O)c1ccc(O)cc1F. The number of rotatable bonds is 1. The molecule has 2 atom stereocenters. The highest BCUT2D eigenvalue weighted by Gasteiger charge is 2.29. The lowest BCUT2D eigenvalue weighted by Gasteiger charge is -2.36. The smallest absolute Gasteiger partial charge is 0.257 e. The van der Waals surface area contributed by atoms with Gasteiger partial charge in [0.15, 0.2) is 0 Å². The Hall–Kier alpha value is -1.62. The third-order valence-electron chi connectivity index (χ3n) is 3.36. The first-order valence-electron chi connectivity index (χ1n) is 6.04. The van der Waals surface area contributed by atoms with Crippen LogP contribution in [0.1, 0.15) is 30.1 Å². The molecule has 1 saturated heterocycles. The van der Waals surface area contributed by atoms with Gasteiger partial charge in [-0.05, 0) is 31.9 Å². The summed E-state index contributed by atoms with van der Waals surface area (Å²) in [5, 5.41) is 9.13. The molecule has 2 rings (SSSR count). The molecular weight excluding hydrogens is 235 g/mol. The van der Waals surface area contributed by atoms with Crippen LogP contribution in [0.3, 0.4) is 0 Å². The number of amides is 1. The van der Waals surface area contributed by atoms with Crippen molar-refractivity contribution in [1.29, 1.82) is 0 Å². The van der Waals surface area contributed by atoms with E-state index in [9.17, 15) is 9.18 Å². The largest absolute Gasteiger partial charge is 0.508 e. The van der Waals surface area contributed by atoms with Crippen molar-refractivity contribution in [3.05, 3.63) is 29.6 Å². The van der Waals surface area contributed by atoms with E-state index in [-0.39, 0.29) is 29.3 Å². The number of nitrogens with zero attached hydrogens (tertiary/aromatic N) is 1. The molecular formula is C13H17FN2O2. The lowest BCUT2D eigenvalue weighted by molar-refractivity contribution is 0.0614. The number of nitrogens with two attached hydrogens (primary N) is 1. The van der Waals surface area contributed by atoms with E-state index in [1.165, 1.54) is 12.1 Å². The number of phenolic OH excluding ortho intramolecular Hbond substituents is 1. The van der Waals surface area contributed by atoms with E-state index in [1.54, 1.807) is 4.90 Å². The highest BCUT2D eigenvalue weighted by molar-refractivity contribution is 5.94. The van der Waals surface area contributed by atoms with Crippen LogP contribution in [0.5, 0.6) is 5.75 Å². The van der Waals surface area contributed by atoms with Crippen LogP contribution in [0.2, 0.25) is 0 Å². The van der Waals surface area contributed by atoms with Gasteiger partial charge in [0.05, 0.1) is 5.56 Å². The van der Waals surface area contributed by atoms with E-state index < -0.39 is 5.82 Å². The molecule has 2 unspecified atom stereocenters. The van der Waals surface area contributed by atoms with Gasteiger partial charge in [-0.3, -0.25) is 4.79 Å². The van der Waals surface area contributed by atoms with Gasteiger partial charge in [0.25, 0.3) is 5.91 Å². The number of hydrogen-bond acceptors (Lipinski definition) is 3. The number of hydrogen-bond donors (Lipinski definition) is 2. The Morgan fingerprint density at radius 3 is 2.89 bits per heavy atom. The predicted octanol–water partition coefficient (Wildman–Crippen LogP) is 1.48. The highest BCUT2D eigenvalue weighted by atomic mass is 19.1.